The Morgan fingerprint density at radius 3 is 2.54 bits per heavy atom. The van der Waals surface area contributed by atoms with E-state index >= 15 is 0 Å². The van der Waals surface area contributed by atoms with Gasteiger partial charge in [-0.05, 0) is 31.0 Å². The van der Waals surface area contributed by atoms with Gasteiger partial charge in [-0.15, -0.1) is 0 Å². The quantitative estimate of drug-likeness (QED) is 0.724. The molecule has 144 valence electrons. The van der Waals surface area contributed by atoms with E-state index in [0.717, 1.165) is 45.0 Å². The first-order valence-corrected chi connectivity index (χ1v) is 10.5. The minimum absolute atomic E-state index is 0.108. The third-order valence-electron chi connectivity index (χ3n) is 4.53. The van der Waals surface area contributed by atoms with Crippen molar-refractivity contribution in [2.45, 2.75) is 31.8 Å². The first kappa shape index (κ1) is 18.9. The SMILES string of the molecule is CS(=O)(=O)OC[C@H]1CN(c2ccc(N3CCCCCC3)c(F)c2)C(=O)O1. The molecular weight excluding hydrogens is 363 g/mol. The number of benzene rings is 1. The van der Waals surface area contributed by atoms with Crippen LogP contribution in [0.15, 0.2) is 18.2 Å². The number of amides is 1. The second-order valence-electron chi connectivity index (χ2n) is 6.64. The summed E-state index contributed by atoms with van der Waals surface area (Å²) in [4.78, 5) is 15.3. The van der Waals surface area contributed by atoms with Crippen LogP contribution in [0.5, 0.6) is 0 Å². The number of rotatable bonds is 5. The number of hydrogen-bond acceptors (Lipinski definition) is 6. The van der Waals surface area contributed by atoms with E-state index in [2.05, 4.69) is 4.18 Å². The first-order valence-electron chi connectivity index (χ1n) is 8.70. The van der Waals surface area contributed by atoms with E-state index in [4.69, 9.17) is 4.74 Å². The van der Waals surface area contributed by atoms with Crippen LogP contribution in [0.1, 0.15) is 25.7 Å². The molecule has 1 aromatic rings. The summed E-state index contributed by atoms with van der Waals surface area (Å²) in [5.74, 6) is -0.381. The van der Waals surface area contributed by atoms with Crippen LogP contribution in [0.3, 0.4) is 0 Å². The summed E-state index contributed by atoms with van der Waals surface area (Å²) in [7, 11) is -3.61. The fourth-order valence-corrected chi connectivity index (χ4v) is 3.65. The van der Waals surface area contributed by atoms with Crippen LogP contribution >= 0.6 is 0 Å². The van der Waals surface area contributed by atoms with Crippen molar-refractivity contribution in [1.82, 2.24) is 0 Å². The Hall–Kier alpha value is -1.87. The summed E-state index contributed by atoms with van der Waals surface area (Å²) in [6.07, 6.45) is 3.97. The molecule has 0 radical (unpaired) electrons. The fraction of sp³-hybridized carbons (Fsp3) is 0.588. The molecule has 0 unspecified atom stereocenters. The van der Waals surface area contributed by atoms with Gasteiger partial charge in [-0.2, -0.15) is 8.42 Å². The molecule has 2 fully saturated rings. The van der Waals surface area contributed by atoms with E-state index in [-0.39, 0.29) is 19.0 Å². The lowest BCUT2D eigenvalue weighted by Crippen LogP contribution is -2.27. The van der Waals surface area contributed by atoms with Gasteiger partial charge in [-0.25, -0.2) is 9.18 Å². The van der Waals surface area contributed by atoms with Crippen LogP contribution in [-0.4, -0.2) is 53.1 Å². The van der Waals surface area contributed by atoms with E-state index in [1.165, 1.54) is 11.0 Å². The lowest BCUT2D eigenvalue weighted by atomic mass is 10.2. The van der Waals surface area contributed by atoms with Gasteiger partial charge in [0.15, 0.2) is 0 Å². The zero-order valence-corrected chi connectivity index (χ0v) is 15.5. The summed E-state index contributed by atoms with van der Waals surface area (Å²) in [5.41, 5.74) is 0.924. The van der Waals surface area contributed by atoms with Gasteiger partial charge in [0, 0.05) is 13.1 Å². The molecule has 1 amide bonds. The van der Waals surface area contributed by atoms with Gasteiger partial charge in [0.25, 0.3) is 10.1 Å². The highest BCUT2D eigenvalue weighted by molar-refractivity contribution is 7.85. The van der Waals surface area contributed by atoms with Crippen molar-refractivity contribution in [3.63, 3.8) is 0 Å². The van der Waals surface area contributed by atoms with Crippen molar-refractivity contribution in [3.05, 3.63) is 24.0 Å². The minimum Gasteiger partial charge on any atom is -0.441 e. The smallest absolute Gasteiger partial charge is 0.414 e. The Morgan fingerprint density at radius 1 is 1.23 bits per heavy atom. The van der Waals surface area contributed by atoms with Crippen molar-refractivity contribution < 1.29 is 26.5 Å². The molecule has 2 saturated heterocycles. The minimum atomic E-state index is -3.61. The Bertz CT molecular complexity index is 762. The number of carbonyl (C=O) groups is 1. The Balaban J connectivity index is 1.69. The van der Waals surface area contributed by atoms with Crippen molar-refractivity contribution in [2.75, 3.05) is 42.3 Å². The zero-order valence-electron chi connectivity index (χ0n) is 14.7. The highest BCUT2D eigenvalue weighted by Crippen LogP contribution is 2.29. The predicted molar refractivity (Wildman–Crippen MR) is 95.5 cm³/mol. The van der Waals surface area contributed by atoms with Crippen LogP contribution < -0.4 is 9.80 Å². The average Bonchev–Trinajstić information content (AvgIpc) is 2.77. The van der Waals surface area contributed by atoms with Gasteiger partial charge < -0.3 is 9.64 Å². The summed E-state index contributed by atoms with van der Waals surface area (Å²) in [5, 5.41) is 0. The van der Waals surface area contributed by atoms with Gasteiger partial charge >= 0.3 is 6.09 Å². The number of carbonyl (C=O) groups excluding carboxylic acids is 1. The highest BCUT2D eigenvalue weighted by atomic mass is 32.2. The molecule has 26 heavy (non-hydrogen) atoms. The molecule has 0 aliphatic carbocycles. The monoisotopic (exact) mass is 386 g/mol. The van der Waals surface area contributed by atoms with Crippen LogP contribution in [0.4, 0.5) is 20.6 Å². The van der Waals surface area contributed by atoms with Gasteiger partial charge in [0.2, 0.25) is 0 Å². The molecule has 2 heterocycles. The van der Waals surface area contributed by atoms with Gasteiger partial charge in [-0.1, -0.05) is 12.8 Å². The Kier molecular flexibility index (Phi) is 5.67. The number of halogens is 1. The topological polar surface area (TPSA) is 76.2 Å². The second-order valence-corrected chi connectivity index (χ2v) is 8.29. The van der Waals surface area contributed by atoms with Crippen molar-refractivity contribution in [2.24, 2.45) is 0 Å². The molecule has 0 saturated carbocycles. The summed E-state index contributed by atoms with van der Waals surface area (Å²) in [6.45, 7) is 1.51. The average molecular weight is 386 g/mol. The number of ether oxygens (including phenoxy) is 1. The second kappa shape index (κ2) is 7.79. The summed E-state index contributed by atoms with van der Waals surface area (Å²) >= 11 is 0. The van der Waals surface area contributed by atoms with Gasteiger partial charge in [0.1, 0.15) is 18.5 Å². The molecule has 9 heteroatoms. The maximum absolute atomic E-state index is 14.6. The van der Waals surface area contributed by atoms with Gasteiger partial charge in [-0.3, -0.25) is 9.08 Å². The van der Waals surface area contributed by atoms with Crippen LogP contribution in [0.25, 0.3) is 0 Å². The fourth-order valence-electron chi connectivity index (χ4n) is 3.25. The third kappa shape index (κ3) is 4.64. The normalized spacial score (nSPS) is 21.6. The Morgan fingerprint density at radius 2 is 1.92 bits per heavy atom. The lowest BCUT2D eigenvalue weighted by Gasteiger charge is -2.24. The number of cyclic esters (lactones) is 1. The predicted octanol–water partition coefficient (Wildman–Crippen LogP) is 2.51. The Labute approximate surface area is 152 Å². The molecule has 1 atom stereocenters. The molecule has 7 nitrogen and oxygen atoms in total. The van der Waals surface area contributed by atoms with Crippen molar-refractivity contribution in [1.29, 1.82) is 0 Å². The van der Waals surface area contributed by atoms with E-state index in [9.17, 15) is 17.6 Å². The molecule has 0 aromatic heterocycles. The summed E-state index contributed by atoms with van der Waals surface area (Å²) in [6, 6.07) is 4.69. The van der Waals surface area contributed by atoms with Crippen LogP contribution in [-0.2, 0) is 19.0 Å². The number of hydrogen-bond donors (Lipinski definition) is 0. The van der Waals surface area contributed by atoms with E-state index in [1.54, 1.807) is 12.1 Å². The third-order valence-corrected chi connectivity index (χ3v) is 5.10. The molecule has 0 spiro atoms. The standard InChI is InChI=1S/C17H23FN2O5S/c1-26(22,23)24-12-14-11-20(17(21)25-14)13-6-7-16(15(18)10-13)19-8-4-2-3-5-9-19/h6-7,10,14H,2-5,8-9,11-12H2,1H3/t14-/m1/s1. The van der Waals surface area contributed by atoms with Crippen LogP contribution in [0.2, 0.25) is 0 Å². The van der Waals surface area contributed by atoms with E-state index < -0.39 is 22.3 Å². The van der Waals surface area contributed by atoms with Crippen molar-refractivity contribution in [3.8, 4) is 0 Å². The lowest BCUT2D eigenvalue weighted by molar-refractivity contribution is 0.107. The first-order chi connectivity index (χ1) is 12.3. The maximum Gasteiger partial charge on any atom is 0.414 e. The molecular formula is C17H23FN2O5S. The van der Waals surface area contributed by atoms with E-state index in [1.807, 2.05) is 4.90 Å². The largest absolute Gasteiger partial charge is 0.441 e. The maximum atomic E-state index is 14.6. The highest BCUT2D eigenvalue weighted by Gasteiger charge is 2.33. The summed E-state index contributed by atoms with van der Waals surface area (Å²) < 4.78 is 46.5. The molecule has 2 aliphatic heterocycles. The van der Waals surface area contributed by atoms with Crippen LogP contribution in [0, 0.1) is 5.82 Å². The van der Waals surface area contributed by atoms with Crippen molar-refractivity contribution >= 4 is 27.6 Å². The van der Waals surface area contributed by atoms with Gasteiger partial charge in [0.05, 0.1) is 24.2 Å². The number of anilines is 2. The zero-order chi connectivity index (χ0) is 18.7. The molecule has 1 aromatic carbocycles. The van der Waals surface area contributed by atoms with E-state index in [0.29, 0.717) is 11.4 Å². The molecule has 3 rings (SSSR count). The molecule has 0 bridgehead atoms. The molecule has 2 aliphatic rings. The number of nitrogens with zero attached hydrogens (tertiary/aromatic N) is 2. The molecule has 0 N–H and O–H groups in total.